The van der Waals surface area contributed by atoms with Gasteiger partial charge < -0.3 is 20.6 Å². The fourth-order valence-electron chi connectivity index (χ4n) is 8.15. The Labute approximate surface area is 375 Å². The van der Waals surface area contributed by atoms with Crippen molar-refractivity contribution in [2.75, 3.05) is 11.1 Å². The number of unbranched alkanes of at least 4 members (excludes halogenated alkanes) is 24. The predicted molar refractivity (Wildman–Crippen MR) is 254 cm³/mol. The molecule has 2 aromatic carbocycles. The average Bonchev–Trinajstić information content (AvgIpc) is 3.27. The molecule has 0 heterocycles. The number of hydrogen-bond acceptors (Lipinski definition) is 8. The number of ketones is 3. The molecule has 3 unspecified atom stereocenters. The zero-order valence-corrected chi connectivity index (χ0v) is 39.0. The molecular formula is C52H83NO7S. The molecule has 0 aliphatic carbocycles. The van der Waals surface area contributed by atoms with E-state index in [1.807, 2.05) is 30.3 Å². The third kappa shape index (κ3) is 21.9. The van der Waals surface area contributed by atoms with Crippen LogP contribution in [0.15, 0.2) is 54.6 Å². The third-order valence-corrected chi connectivity index (χ3v) is 12.6. The molecule has 3 atom stereocenters. The van der Waals surface area contributed by atoms with Crippen molar-refractivity contribution in [1.29, 1.82) is 0 Å². The number of Topliss-reactive ketones (excluding diaryl/α,β-unsaturated/α-hetero) is 3. The number of thiol groups is 1. The van der Waals surface area contributed by atoms with E-state index >= 15 is 0 Å². The lowest BCUT2D eigenvalue weighted by Gasteiger charge is -2.34. The van der Waals surface area contributed by atoms with Crippen molar-refractivity contribution < 1.29 is 34.5 Å². The van der Waals surface area contributed by atoms with Crippen LogP contribution < -0.4 is 5.32 Å². The van der Waals surface area contributed by atoms with Crippen molar-refractivity contribution in [1.82, 2.24) is 0 Å². The highest BCUT2D eigenvalue weighted by Crippen LogP contribution is 2.28. The molecule has 0 radical (unpaired) electrons. The lowest BCUT2D eigenvalue weighted by Crippen LogP contribution is -2.63. The minimum atomic E-state index is -3.11. The van der Waals surface area contributed by atoms with Crippen molar-refractivity contribution in [3.63, 3.8) is 0 Å². The summed E-state index contributed by atoms with van der Waals surface area (Å²) in [6.07, 6.45) is 24.7. The highest BCUT2D eigenvalue weighted by molar-refractivity contribution is 7.80. The van der Waals surface area contributed by atoms with E-state index in [-0.39, 0.29) is 35.8 Å². The van der Waals surface area contributed by atoms with Gasteiger partial charge in [-0.2, -0.15) is 12.6 Å². The maximum atomic E-state index is 14.2. The molecule has 344 valence electrons. The summed E-state index contributed by atoms with van der Waals surface area (Å²) in [6, 6.07) is 15.3. The van der Waals surface area contributed by atoms with Gasteiger partial charge in [0, 0.05) is 29.8 Å². The van der Waals surface area contributed by atoms with Gasteiger partial charge in [0.2, 0.25) is 11.7 Å². The zero-order valence-electron chi connectivity index (χ0n) is 38.1. The first-order chi connectivity index (χ1) is 29.6. The SMILES string of the molecule is CCCCCCCCCCCCCCCC(=O)C(O)C(O)(C(=O)c1cccc(NC(=O)C(CS)Cc2ccccc2)c1)C(O)C(=O)CCCCCCCCCCCCCCC. The standard InChI is InChI=1S/C52H83NO7S/c1-3-5-7-9-11-13-15-17-19-21-23-25-30-37-46(54)49(57)52(60,50(58)47(55)38-31-26-24-22-20-18-16-14-12-10-8-6-4-2)48(56)43-35-32-36-45(40-43)53-51(59)44(41-61)39-42-33-28-27-29-34-42/h27-29,32-36,40,44,49-50,57-58,60-61H,3-26,30-31,37-39,41H2,1-2H3,(H,53,59). The zero-order chi connectivity index (χ0) is 44.6. The lowest BCUT2D eigenvalue weighted by atomic mass is 9.78. The molecule has 0 aromatic heterocycles. The topological polar surface area (TPSA) is 141 Å². The molecule has 0 bridgehead atoms. The number of aliphatic hydroxyl groups excluding tert-OH is 2. The summed E-state index contributed by atoms with van der Waals surface area (Å²) < 4.78 is 0. The second-order valence-electron chi connectivity index (χ2n) is 17.5. The summed E-state index contributed by atoms with van der Waals surface area (Å²) >= 11 is 4.39. The Bertz CT molecular complexity index is 1440. The molecule has 0 aliphatic heterocycles. The van der Waals surface area contributed by atoms with Crippen LogP contribution in [0.5, 0.6) is 0 Å². The smallest absolute Gasteiger partial charge is 0.228 e. The van der Waals surface area contributed by atoms with Crippen molar-refractivity contribution >= 4 is 41.6 Å². The Hall–Kier alpha value is -2.85. The molecule has 8 nitrogen and oxygen atoms in total. The first kappa shape index (κ1) is 54.3. The largest absolute Gasteiger partial charge is 0.382 e. The number of hydrogen-bond donors (Lipinski definition) is 5. The van der Waals surface area contributed by atoms with Crippen molar-refractivity contribution in [3.8, 4) is 0 Å². The Morgan fingerprint density at radius 1 is 0.557 bits per heavy atom. The highest BCUT2D eigenvalue weighted by Gasteiger charge is 2.54. The maximum Gasteiger partial charge on any atom is 0.228 e. The highest BCUT2D eigenvalue weighted by atomic mass is 32.1. The van der Waals surface area contributed by atoms with E-state index in [2.05, 4.69) is 31.8 Å². The van der Waals surface area contributed by atoms with Gasteiger partial charge in [0.25, 0.3) is 0 Å². The lowest BCUT2D eigenvalue weighted by molar-refractivity contribution is -0.160. The Morgan fingerprint density at radius 2 is 0.951 bits per heavy atom. The fourth-order valence-corrected chi connectivity index (χ4v) is 8.44. The molecule has 1 amide bonds. The van der Waals surface area contributed by atoms with Crippen molar-refractivity contribution in [2.24, 2.45) is 5.92 Å². The molecule has 0 saturated carbocycles. The molecule has 61 heavy (non-hydrogen) atoms. The van der Waals surface area contributed by atoms with Crippen LogP contribution in [0.3, 0.4) is 0 Å². The molecule has 0 spiro atoms. The molecule has 0 saturated heterocycles. The summed E-state index contributed by atoms with van der Waals surface area (Å²) in [4.78, 5) is 54.4. The van der Waals surface area contributed by atoms with Crippen LogP contribution in [-0.4, -0.2) is 62.1 Å². The predicted octanol–water partition coefficient (Wildman–Crippen LogP) is 12.2. The normalized spacial score (nSPS) is 13.9. The van der Waals surface area contributed by atoms with E-state index < -0.39 is 41.1 Å². The fraction of sp³-hybridized carbons (Fsp3) is 0.692. The summed E-state index contributed by atoms with van der Waals surface area (Å²) in [7, 11) is 0. The Morgan fingerprint density at radius 3 is 1.34 bits per heavy atom. The molecule has 2 aromatic rings. The quantitative estimate of drug-likeness (QED) is 0.0256. The summed E-state index contributed by atoms with van der Waals surface area (Å²) in [5.74, 6) is -3.27. The molecule has 2 rings (SSSR count). The van der Waals surface area contributed by atoms with Gasteiger partial charge >= 0.3 is 0 Å². The van der Waals surface area contributed by atoms with Gasteiger partial charge in [0.1, 0.15) is 0 Å². The van der Waals surface area contributed by atoms with E-state index in [9.17, 15) is 34.5 Å². The summed E-state index contributed by atoms with van der Waals surface area (Å²) in [5.41, 5.74) is -2.05. The van der Waals surface area contributed by atoms with Crippen molar-refractivity contribution in [3.05, 3.63) is 65.7 Å². The minimum absolute atomic E-state index is 0.100. The number of anilines is 1. The van der Waals surface area contributed by atoms with Gasteiger partial charge in [-0.1, -0.05) is 210 Å². The summed E-state index contributed by atoms with van der Waals surface area (Å²) in [6.45, 7) is 4.46. The number of aliphatic hydroxyl groups is 3. The average molecular weight is 866 g/mol. The van der Waals surface area contributed by atoms with E-state index in [1.165, 1.54) is 121 Å². The minimum Gasteiger partial charge on any atom is -0.382 e. The van der Waals surface area contributed by atoms with Crippen LogP contribution >= 0.6 is 12.6 Å². The molecule has 0 fully saturated rings. The van der Waals surface area contributed by atoms with Crippen molar-refractivity contribution in [2.45, 2.75) is 218 Å². The van der Waals surface area contributed by atoms with Crippen LogP contribution in [0, 0.1) is 5.92 Å². The first-order valence-corrected chi connectivity index (χ1v) is 25.0. The van der Waals surface area contributed by atoms with Crippen LogP contribution in [0.2, 0.25) is 0 Å². The number of benzene rings is 2. The van der Waals surface area contributed by atoms with Gasteiger partial charge in [-0.25, -0.2) is 0 Å². The monoisotopic (exact) mass is 866 g/mol. The Kier molecular flexibility index (Phi) is 30.0. The van der Waals surface area contributed by atoms with Crippen LogP contribution in [-0.2, 0) is 20.8 Å². The number of rotatable bonds is 39. The van der Waals surface area contributed by atoms with Gasteiger partial charge in [-0.3, -0.25) is 19.2 Å². The molecule has 9 heteroatoms. The number of carbonyl (C=O) groups excluding carboxylic acids is 4. The number of nitrogens with one attached hydrogen (secondary N) is 1. The maximum absolute atomic E-state index is 14.2. The van der Waals surface area contributed by atoms with Gasteiger partial charge in [0.05, 0.1) is 5.92 Å². The number of amides is 1. The van der Waals surface area contributed by atoms with E-state index in [1.54, 1.807) is 6.07 Å². The van der Waals surface area contributed by atoms with Gasteiger partial charge in [-0.15, -0.1) is 0 Å². The van der Waals surface area contributed by atoms with Crippen LogP contribution in [0.25, 0.3) is 0 Å². The number of carbonyl (C=O) groups is 4. The first-order valence-electron chi connectivity index (χ1n) is 24.3. The van der Waals surface area contributed by atoms with Gasteiger partial charge in [-0.05, 0) is 37.0 Å². The van der Waals surface area contributed by atoms with E-state index in [4.69, 9.17) is 0 Å². The molecule has 0 aliphatic rings. The van der Waals surface area contributed by atoms with E-state index in [0.717, 1.165) is 56.9 Å². The van der Waals surface area contributed by atoms with Crippen LogP contribution in [0.1, 0.15) is 210 Å². The molecule has 4 N–H and O–H groups in total. The Balaban J connectivity index is 2.03. The molecular weight excluding hydrogens is 783 g/mol. The summed E-state index contributed by atoms with van der Waals surface area (Å²) in [5, 5.41) is 37.6. The second kappa shape index (κ2) is 33.7. The third-order valence-electron chi connectivity index (χ3n) is 12.2. The second-order valence-corrected chi connectivity index (χ2v) is 17.9. The van der Waals surface area contributed by atoms with Crippen LogP contribution in [0.4, 0.5) is 5.69 Å². The van der Waals surface area contributed by atoms with E-state index in [0.29, 0.717) is 19.3 Å². The van der Waals surface area contributed by atoms with Gasteiger partial charge in [0.15, 0.2) is 29.4 Å².